The zero-order valence-corrected chi connectivity index (χ0v) is 16.1. The molecule has 0 fully saturated rings. The first-order valence-corrected chi connectivity index (χ1v) is 10.6. The summed E-state index contributed by atoms with van der Waals surface area (Å²) in [4.78, 5) is 13.9. The first-order chi connectivity index (χ1) is 12.3. The number of hydrogen-bond acceptors (Lipinski definition) is 3. The van der Waals surface area contributed by atoms with Gasteiger partial charge in [0.05, 0.1) is 5.75 Å². The fourth-order valence-corrected chi connectivity index (χ4v) is 3.57. The molecule has 4 nitrogen and oxygen atoms in total. The Kier molecular flexibility index (Phi) is 6.75. The van der Waals surface area contributed by atoms with E-state index < -0.39 is 9.84 Å². The van der Waals surface area contributed by atoms with E-state index in [1.807, 2.05) is 36.4 Å². The van der Waals surface area contributed by atoms with Gasteiger partial charge < -0.3 is 4.90 Å². The lowest BCUT2D eigenvalue weighted by atomic mass is 9.96. The van der Waals surface area contributed by atoms with Crippen LogP contribution in [0.3, 0.4) is 0 Å². The molecule has 2 rings (SSSR count). The van der Waals surface area contributed by atoms with Crippen molar-refractivity contribution in [1.29, 1.82) is 0 Å². The van der Waals surface area contributed by atoms with Crippen molar-refractivity contribution in [2.75, 3.05) is 18.6 Å². The predicted molar refractivity (Wildman–Crippen MR) is 107 cm³/mol. The molecule has 0 heterocycles. The second-order valence-corrected chi connectivity index (χ2v) is 8.68. The van der Waals surface area contributed by atoms with Crippen LogP contribution < -0.4 is 0 Å². The molecule has 5 heteroatoms. The Morgan fingerprint density at radius 3 is 2.31 bits per heavy atom. The van der Waals surface area contributed by atoms with E-state index in [2.05, 4.69) is 25.6 Å². The third-order valence-corrected chi connectivity index (χ3v) is 5.27. The Morgan fingerprint density at radius 2 is 1.69 bits per heavy atom. The Hall–Kier alpha value is -2.40. The standard InChI is InChI=1S/C21H25NO3S/c1-4-21(23)22(14-9-15-26(3,24)25)16-18-11-6-8-13-20(18)19-12-7-5-10-17(19)2/h4-8,10-13H,1,9,14-16H2,2-3H3. The van der Waals surface area contributed by atoms with Crippen LogP contribution in [-0.2, 0) is 21.2 Å². The van der Waals surface area contributed by atoms with E-state index in [-0.39, 0.29) is 11.7 Å². The number of hydrogen-bond donors (Lipinski definition) is 0. The molecule has 1 amide bonds. The van der Waals surface area contributed by atoms with Crippen LogP contribution in [0, 0.1) is 6.92 Å². The van der Waals surface area contributed by atoms with Crippen LogP contribution in [-0.4, -0.2) is 37.8 Å². The number of nitrogens with zero attached hydrogens (tertiary/aromatic N) is 1. The highest BCUT2D eigenvalue weighted by molar-refractivity contribution is 7.90. The van der Waals surface area contributed by atoms with Crippen LogP contribution in [0.15, 0.2) is 61.2 Å². The van der Waals surface area contributed by atoms with Crippen LogP contribution in [0.2, 0.25) is 0 Å². The molecule has 2 aromatic carbocycles. The first-order valence-electron chi connectivity index (χ1n) is 8.55. The number of rotatable bonds is 8. The fraction of sp³-hybridized carbons (Fsp3) is 0.286. The summed E-state index contributed by atoms with van der Waals surface area (Å²) < 4.78 is 22.7. The van der Waals surface area contributed by atoms with Gasteiger partial charge in [-0.15, -0.1) is 0 Å². The number of benzene rings is 2. The van der Waals surface area contributed by atoms with Gasteiger partial charge in [0.15, 0.2) is 0 Å². The summed E-state index contributed by atoms with van der Waals surface area (Å²) in [5, 5.41) is 0. The van der Waals surface area contributed by atoms with E-state index in [9.17, 15) is 13.2 Å². The predicted octanol–water partition coefficient (Wildman–Crippen LogP) is 3.61. The van der Waals surface area contributed by atoms with Crippen molar-refractivity contribution >= 4 is 15.7 Å². The Morgan fingerprint density at radius 1 is 1.08 bits per heavy atom. The SMILES string of the molecule is C=CC(=O)N(CCCS(C)(=O)=O)Cc1ccccc1-c1ccccc1C. The normalized spacial score (nSPS) is 11.2. The molecule has 0 atom stereocenters. The van der Waals surface area contributed by atoms with Crippen LogP contribution in [0.25, 0.3) is 11.1 Å². The molecule has 0 unspecified atom stereocenters. The molecule has 0 aliphatic heterocycles. The minimum atomic E-state index is -3.05. The smallest absolute Gasteiger partial charge is 0.246 e. The molecule has 0 saturated carbocycles. The zero-order chi connectivity index (χ0) is 19.2. The van der Waals surface area contributed by atoms with Gasteiger partial charge in [0, 0.05) is 19.3 Å². The van der Waals surface area contributed by atoms with Crippen LogP contribution >= 0.6 is 0 Å². The summed E-state index contributed by atoms with van der Waals surface area (Å²) in [5.74, 6) is -0.133. The monoisotopic (exact) mass is 371 g/mol. The lowest BCUT2D eigenvalue weighted by Crippen LogP contribution is -2.31. The highest BCUT2D eigenvalue weighted by atomic mass is 32.2. The third-order valence-electron chi connectivity index (χ3n) is 4.24. The third kappa shape index (κ3) is 5.56. The fourth-order valence-electron chi connectivity index (χ4n) is 2.92. The second-order valence-electron chi connectivity index (χ2n) is 6.42. The quantitative estimate of drug-likeness (QED) is 0.666. The average Bonchev–Trinajstić information content (AvgIpc) is 2.60. The van der Waals surface area contributed by atoms with Crippen molar-refractivity contribution in [2.24, 2.45) is 0 Å². The van der Waals surface area contributed by atoms with E-state index in [0.29, 0.717) is 19.5 Å². The Balaban J connectivity index is 2.27. The van der Waals surface area contributed by atoms with Gasteiger partial charge in [-0.3, -0.25) is 4.79 Å². The summed E-state index contributed by atoms with van der Waals surface area (Å²) in [6, 6.07) is 16.1. The van der Waals surface area contributed by atoms with Crippen molar-refractivity contribution in [2.45, 2.75) is 19.9 Å². The topological polar surface area (TPSA) is 54.5 Å². The molecule has 0 aliphatic carbocycles. The van der Waals surface area contributed by atoms with Crippen LogP contribution in [0.1, 0.15) is 17.5 Å². The second kappa shape index (κ2) is 8.81. The zero-order valence-electron chi connectivity index (χ0n) is 15.3. The summed E-state index contributed by atoms with van der Waals surface area (Å²) >= 11 is 0. The Labute approximate surface area is 156 Å². The maximum Gasteiger partial charge on any atom is 0.246 e. The molecule has 26 heavy (non-hydrogen) atoms. The number of amides is 1. The van der Waals surface area contributed by atoms with Gasteiger partial charge in [-0.25, -0.2) is 8.42 Å². The number of sulfone groups is 1. The van der Waals surface area contributed by atoms with Gasteiger partial charge in [-0.05, 0) is 41.7 Å². The molecule has 0 radical (unpaired) electrons. The number of carbonyl (C=O) groups excluding carboxylic acids is 1. The van der Waals surface area contributed by atoms with E-state index in [0.717, 1.165) is 16.7 Å². The van der Waals surface area contributed by atoms with Crippen molar-refractivity contribution in [3.63, 3.8) is 0 Å². The lowest BCUT2D eigenvalue weighted by molar-refractivity contribution is -0.126. The summed E-state index contributed by atoms with van der Waals surface area (Å²) in [5.41, 5.74) is 4.40. The molecular weight excluding hydrogens is 346 g/mol. The van der Waals surface area contributed by atoms with E-state index in [1.54, 1.807) is 4.90 Å². The van der Waals surface area contributed by atoms with Gasteiger partial charge >= 0.3 is 0 Å². The van der Waals surface area contributed by atoms with Gasteiger partial charge in [-0.2, -0.15) is 0 Å². The van der Waals surface area contributed by atoms with E-state index in [1.165, 1.54) is 17.9 Å². The van der Waals surface area contributed by atoms with Crippen molar-refractivity contribution in [1.82, 2.24) is 4.90 Å². The average molecular weight is 372 g/mol. The van der Waals surface area contributed by atoms with E-state index >= 15 is 0 Å². The highest BCUT2D eigenvalue weighted by Gasteiger charge is 2.15. The molecular formula is C21H25NO3S. The van der Waals surface area contributed by atoms with Crippen LogP contribution in [0.5, 0.6) is 0 Å². The maximum atomic E-state index is 12.2. The number of aryl methyl sites for hydroxylation is 1. The molecule has 0 bridgehead atoms. The van der Waals surface area contributed by atoms with Gasteiger partial charge in [0.1, 0.15) is 9.84 Å². The van der Waals surface area contributed by atoms with Crippen molar-refractivity contribution < 1.29 is 13.2 Å². The molecule has 0 saturated heterocycles. The molecule has 0 aliphatic rings. The Bertz CT molecular complexity index is 888. The first kappa shape index (κ1) is 19.9. The van der Waals surface area contributed by atoms with Gasteiger partial charge in [0.2, 0.25) is 5.91 Å². The van der Waals surface area contributed by atoms with Crippen LogP contribution in [0.4, 0.5) is 0 Å². The maximum absolute atomic E-state index is 12.2. The van der Waals surface area contributed by atoms with Crippen molar-refractivity contribution in [3.8, 4) is 11.1 Å². The molecule has 2 aromatic rings. The highest BCUT2D eigenvalue weighted by Crippen LogP contribution is 2.27. The van der Waals surface area contributed by atoms with Gasteiger partial charge in [0.25, 0.3) is 0 Å². The minimum Gasteiger partial charge on any atom is -0.335 e. The minimum absolute atomic E-state index is 0.0629. The summed E-state index contributed by atoms with van der Waals surface area (Å²) in [6.07, 6.45) is 2.89. The summed E-state index contributed by atoms with van der Waals surface area (Å²) in [7, 11) is -3.05. The molecule has 0 N–H and O–H groups in total. The lowest BCUT2D eigenvalue weighted by Gasteiger charge is -2.23. The number of carbonyl (C=O) groups is 1. The summed E-state index contributed by atoms with van der Waals surface area (Å²) in [6.45, 7) is 6.42. The largest absolute Gasteiger partial charge is 0.335 e. The molecule has 0 spiro atoms. The van der Waals surface area contributed by atoms with Crippen molar-refractivity contribution in [3.05, 3.63) is 72.3 Å². The van der Waals surface area contributed by atoms with E-state index in [4.69, 9.17) is 0 Å². The molecule has 0 aromatic heterocycles. The van der Waals surface area contributed by atoms with Gasteiger partial charge in [-0.1, -0.05) is 55.1 Å². The molecule has 138 valence electrons.